The molecule has 0 radical (unpaired) electrons. The van der Waals surface area contributed by atoms with Gasteiger partial charge in [0.25, 0.3) is 5.91 Å². The van der Waals surface area contributed by atoms with Crippen LogP contribution in [0.5, 0.6) is 0 Å². The van der Waals surface area contributed by atoms with Crippen LogP contribution in [0.1, 0.15) is 11.1 Å². The predicted molar refractivity (Wildman–Crippen MR) is 102 cm³/mol. The van der Waals surface area contributed by atoms with Crippen molar-refractivity contribution < 1.29 is 19.4 Å². The van der Waals surface area contributed by atoms with Crippen molar-refractivity contribution in [3.05, 3.63) is 102 Å². The first-order valence-electron chi connectivity index (χ1n) is 8.46. The summed E-state index contributed by atoms with van der Waals surface area (Å²) in [5.74, 6) is -1.40. The number of anilines is 1. The first-order valence-corrected chi connectivity index (χ1v) is 8.46. The Morgan fingerprint density at radius 3 is 1.70 bits per heavy atom. The van der Waals surface area contributed by atoms with Gasteiger partial charge in [-0.05, 0) is 23.3 Å². The Hall–Kier alpha value is -3.44. The maximum absolute atomic E-state index is 12.8. The second kappa shape index (κ2) is 8.29. The number of amides is 1. The van der Waals surface area contributed by atoms with Gasteiger partial charge in [-0.3, -0.25) is 4.79 Å². The van der Waals surface area contributed by atoms with E-state index >= 15 is 0 Å². The minimum Gasteiger partial charge on any atom is -0.453 e. The Morgan fingerprint density at radius 2 is 1.22 bits per heavy atom. The first kappa shape index (κ1) is 18.4. The third-order valence-electron chi connectivity index (χ3n) is 4.07. The predicted octanol–water partition coefficient (Wildman–Crippen LogP) is 3.10. The Morgan fingerprint density at radius 1 is 0.778 bits per heavy atom. The van der Waals surface area contributed by atoms with Crippen molar-refractivity contribution in [1.29, 1.82) is 0 Å². The highest BCUT2D eigenvalue weighted by Gasteiger charge is 2.41. The summed E-state index contributed by atoms with van der Waals surface area (Å²) in [6.07, 6.45) is 0. The molecule has 0 spiro atoms. The van der Waals surface area contributed by atoms with Gasteiger partial charge in [0, 0.05) is 5.69 Å². The summed E-state index contributed by atoms with van der Waals surface area (Å²) in [6, 6.07) is 25.8. The molecule has 0 fully saturated rings. The summed E-state index contributed by atoms with van der Waals surface area (Å²) >= 11 is 0. The van der Waals surface area contributed by atoms with Crippen LogP contribution in [-0.4, -0.2) is 23.6 Å². The third kappa shape index (κ3) is 4.22. The van der Waals surface area contributed by atoms with Gasteiger partial charge in [-0.25, -0.2) is 4.79 Å². The van der Waals surface area contributed by atoms with Crippen LogP contribution in [-0.2, 0) is 19.9 Å². The van der Waals surface area contributed by atoms with Crippen LogP contribution < -0.4 is 5.32 Å². The topological polar surface area (TPSA) is 75.6 Å². The molecule has 2 N–H and O–H groups in total. The molecular formula is C22H19NO4. The Balaban J connectivity index is 1.77. The molecule has 0 atom stereocenters. The number of nitrogens with one attached hydrogen (secondary N) is 1. The minimum atomic E-state index is -2.00. The maximum Gasteiger partial charge on any atom is 0.348 e. The molecule has 27 heavy (non-hydrogen) atoms. The van der Waals surface area contributed by atoms with Crippen molar-refractivity contribution in [1.82, 2.24) is 0 Å². The van der Waals surface area contributed by atoms with Crippen LogP contribution >= 0.6 is 0 Å². The lowest BCUT2D eigenvalue weighted by molar-refractivity contribution is -0.163. The van der Waals surface area contributed by atoms with Gasteiger partial charge >= 0.3 is 5.97 Å². The summed E-state index contributed by atoms with van der Waals surface area (Å²) in [6.45, 7) is -0.504. The summed E-state index contributed by atoms with van der Waals surface area (Å²) in [5.41, 5.74) is -0.676. The van der Waals surface area contributed by atoms with Crippen molar-refractivity contribution in [2.75, 3.05) is 11.9 Å². The molecule has 5 nitrogen and oxygen atoms in total. The van der Waals surface area contributed by atoms with Crippen LogP contribution in [0.2, 0.25) is 0 Å². The summed E-state index contributed by atoms with van der Waals surface area (Å²) < 4.78 is 5.15. The van der Waals surface area contributed by atoms with Gasteiger partial charge in [0.05, 0.1) is 0 Å². The number of carbonyl (C=O) groups excluding carboxylic acids is 2. The minimum absolute atomic E-state index is 0.365. The monoisotopic (exact) mass is 361 g/mol. The van der Waals surface area contributed by atoms with E-state index in [1.54, 1.807) is 84.9 Å². The molecule has 0 heterocycles. The average molecular weight is 361 g/mol. The van der Waals surface area contributed by atoms with E-state index < -0.39 is 24.1 Å². The van der Waals surface area contributed by atoms with Crippen LogP contribution in [0.3, 0.4) is 0 Å². The lowest BCUT2D eigenvalue weighted by Crippen LogP contribution is -2.39. The molecule has 0 saturated carbocycles. The van der Waals surface area contributed by atoms with E-state index in [0.717, 1.165) is 0 Å². The molecule has 3 aromatic carbocycles. The number of para-hydroxylation sites is 1. The number of benzene rings is 3. The summed E-state index contributed by atoms with van der Waals surface area (Å²) in [7, 11) is 0. The van der Waals surface area contributed by atoms with Gasteiger partial charge in [0.15, 0.2) is 6.61 Å². The fourth-order valence-electron chi connectivity index (χ4n) is 2.72. The van der Waals surface area contributed by atoms with Crippen LogP contribution in [0, 0.1) is 0 Å². The van der Waals surface area contributed by atoms with Gasteiger partial charge in [-0.1, -0.05) is 78.9 Å². The van der Waals surface area contributed by atoms with E-state index in [1.807, 2.05) is 6.07 Å². The molecule has 5 heteroatoms. The number of esters is 1. The molecule has 0 aromatic heterocycles. The number of rotatable bonds is 6. The molecule has 0 aliphatic rings. The number of hydrogen-bond acceptors (Lipinski definition) is 4. The van der Waals surface area contributed by atoms with Crippen molar-refractivity contribution in [3.63, 3.8) is 0 Å². The Kier molecular flexibility index (Phi) is 5.64. The molecule has 0 bridgehead atoms. The number of hydrogen-bond donors (Lipinski definition) is 2. The highest BCUT2D eigenvalue weighted by molar-refractivity contribution is 5.94. The van der Waals surface area contributed by atoms with Crippen LogP contribution in [0.15, 0.2) is 91.0 Å². The zero-order valence-electron chi connectivity index (χ0n) is 14.5. The van der Waals surface area contributed by atoms with Gasteiger partial charge in [0.2, 0.25) is 5.60 Å². The van der Waals surface area contributed by atoms with Crippen molar-refractivity contribution in [2.45, 2.75) is 5.60 Å². The van der Waals surface area contributed by atoms with Crippen molar-refractivity contribution in [3.8, 4) is 0 Å². The van der Waals surface area contributed by atoms with Gasteiger partial charge in [-0.15, -0.1) is 0 Å². The summed E-state index contributed by atoms with van der Waals surface area (Å²) in [5, 5.41) is 13.8. The number of aliphatic hydroxyl groups is 1. The lowest BCUT2D eigenvalue weighted by Gasteiger charge is -2.26. The van der Waals surface area contributed by atoms with Crippen LogP contribution in [0.4, 0.5) is 5.69 Å². The fraction of sp³-hybridized carbons (Fsp3) is 0.0909. The molecule has 0 aliphatic heterocycles. The van der Waals surface area contributed by atoms with Crippen molar-refractivity contribution >= 4 is 17.6 Å². The van der Waals surface area contributed by atoms with E-state index in [1.165, 1.54) is 0 Å². The SMILES string of the molecule is O=C(COC(=O)C(O)(c1ccccc1)c1ccccc1)Nc1ccccc1. The molecule has 136 valence electrons. The highest BCUT2D eigenvalue weighted by atomic mass is 16.6. The second-order valence-electron chi connectivity index (χ2n) is 5.93. The largest absolute Gasteiger partial charge is 0.453 e. The normalized spacial score (nSPS) is 10.9. The molecule has 0 unspecified atom stereocenters. The van der Waals surface area contributed by atoms with E-state index in [-0.39, 0.29) is 0 Å². The molecular weight excluding hydrogens is 342 g/mol. The van der Waals surface area contributed by atoms with E-state index in [0.29, 0.717) is 16.8 Å². The molecule has 3 aromatic rings. The zero-order chi connectivity index (χ0) is 19.1. The molecule has 3 rings (SSSR count). The van der Waals surface area contributed by atoms with Gasteiger partial charge in [0.1, 0.15) is 0 Å². The molecule has 1 amide bonds. The standard InChI is InChI=1S/C22H19NO4/c24-20(23-19-14-8-3-9-15-19)16-27-21(25)22(26,17-10-4-1-5-11-17)18-12-6-2-7-13-18/h1-15,26H,16H2,(H,23,24). The quantitative estimate of drug-likeness (QED) is 0.662. The third-order valence-corrected chi connectivity index (χ3v) is 4.07. The zero-order valence-corrected chi connectivity index (χ0v) is 14.5. The maximum atomic E-state index is 12.8. The molecule has 0 saturated heterocycles. The smallest absolute Gasteiger partial charge is 0.348 e. The second-order valence-corrected chi connectivity index (χ2v) is 5.93. The lowest BCUT2D eigenvalue weighted by atomic mass is 9.86. The fourth-order valence-corrected chi connectivity index (χ4v) is 2.72. The number of carbonyl (C=O) groups is 2. The van der Waals surface area contributed by atoms with Gasteiger partial charge in [-0.2, -0.15) is 0 Å². The van der Waals surface area contributed by atoms with E-state index in [9.17, 15) is 14.7 Å². The summed E-state index contributed by atoms with van der Waals surface area (Å²) in [4.78, 5) is 24.8. The van der Waals surface area contributed by atoms with Crippen LogP contribution in [0.25, 0.3) is 0 Å². The molecule has 0 aliphatic carbocycles. The Labute approximate surface area is 157 Å². The first-order chi connectivity index (χ1) is 13.1. The van der Waals surface area contributed by atoms with Gasteiger partial charge < -0.3 is 15.2 Å². The average Bonchev–Trinajstić information content (AvgIpc) is 2.73. The van der Waals surface area contributed by atoms with E-state index in [4.69, 9.17) is 4.74 Å². The Bertz CT molecular complexity index is 856. The highest BCUT2D eigenvalue weighted by Crippen LogP contribution is 2.31. The van der Waals surface area contributed by atoms with E-state index in [2.05, 4.69) is 5.32 Å². The van der Waals surface area contributed by atoms with Crippen molar-refractivity contribution in [2.24, 2.45) is 0 Å². The number of ether oxygens (including phenoxy) is 1.